The maximum Gasteiger partial charge on any atom is 0.253 e. The van der Waals surface area contributed by atoms with Gasteiger partial charge in [-0.15, -0.1) is 12.4 Å². The molecule has 1 aromatic carbocycles. The summed E-state index contributed by atoms with van der Waals surface area (Å²) in [4.78, 5) is 26.9. The average Bonchev–Trinajstić information content (AvgIpc) is 2.62. The Morgan fingerprint density at radius 2 is 1.84 bits per heavy atom. The predicted octanol–water partition coefficient (Wildman–Crippen LogP) is 3.19. The number of carbonyl (C=O) groups is 2. The molecule has 1 saturated carbocycles. The molecular formula is C19H28ClN3O2. The number of likely N-dealkylation sites (tertiary alicyclic amines) is 1. The molecule has 2 fully saturated rings. The van der Waals surface area contributed by atoms with E-state index in [9.17, 15) is 9.59 Å². The van der Waals surface area contributed by atoms with E-state index in [1.165, 1.54) is 6.42 Å². The Bertz CT molecular complexity index is 602. The lowest BCUT2D eigenvalue weighted by molar-refractivity contribution is -0.120. The number of piperidine rings is 1. The van der Waals surface area contributed by atoms with E-state index in [-0.39, 0.29) is 36.2 Å². The van der Waals surface area contributed by atoms with Crippen LogP contribution in [-0.2, 0) is 4.79 Å². The number of carbonyl (C=O) groups excluding carboxylic acids is 2. The van der Waals surface area contributed by atoms with Crippen LogP contribution in [0.2, 0.25) is 0 Å². The van der Waals surface area contributed by atoms with E-state index in [1.54, 1.807) is 6.07 Å². The SMILES string of the molecule is Cl.NC1CCCC(C(=O)Nc2cccc(C(=O)N3CCCCC3)c2)C1. The first-order chi connectivity index (χ1) is 11.6. The van der Waals surface area contributed by atoms with Crippen LogP contribution >= 0.6 is 12.4 Å². The first-order valence-corrected chi connectivity index (χ1v) is 9.09. The van der Waals surface area contributed by atoms with Gasteiger partial charge in [-0.1, -0.05) is 12.5 Å². The Morgan fingerprint density at radius 1 is 1.08 bits per heavy atom. The molecule has 2 atom stereocenters. The van der Waals surface area contributed by atoms with Crippen molar-refractivity contribution in [2.75, 3.05) is 18.4 Å². The topological polar surface area (TPSA) is 75.4 Å². The predicted molar refractivity (Wildman–Crippen MR) is 102 cm³/mol. The van der Waals surface area contributed by atoms with Crippen LogP contribution in [0.3, 0.4) is 0 Å². The third-order valence-corrected chi connectivity index (χ3v) is 5.11. The minimum Gasteiger partial charge on any atom is -0.339 e. The smallest absolute Gasteiger partial charge is 0.253 e. The van der Waals surface area contributed by atoms with Crippen LogP contribution in [0.15, 0.2) is 24.3 Å². The first kappa shape index (κ1) is 19.7. The van der Waals surface area contributed by atoms with Crippen molar-refractivity contribution < 1.29 is 9.59 Å². The Kier molecular flexibility index (Phi) is 7.26. The fraction of sp³-hybridized carbons (Fsp3) is 0.579. The fourth-order valence-electron chi connectivity index (χ4n) is 3.72. The molecule has 25 heavy (non-hydrogen) atoms. The van der Waals surface area contributed by atoms with Crippen molar-refractivity contribution in [3.05, 3.63) is 29.8 Å². The molecule has 3 N–H and O–H groups in total. The van der Waals surface area contributed by atoms with E-state index < -0.39 is 0 Å². The lowest BCUT2D eigenvalue weighted by Crippen LogP contribution is -2.35. The highest BCUT2D eigenvalue weighted by atomic mass is 35.5. The maximum absolute atomic E-state index is 12.6. The lowest BCUT2D eigenvalue weighted by Gasteiger charge is -2.27. The third kappa shape index (κ3) is 5.19. The van der Waals surface area contributed by atoms with Crippen LogP contribution in [0.4, 0.5) is 5.69 Å². The van der Waals surface area contributed by atoms with Crippen LogP contribution in [0.5, 0.6) is 0 Å². The number of hydrogen-bond donors (Lipinski definition) is 2. The molecule has 0 radical (unpaired) electrons. The van der Waals surface area contributed by atoms with Crippen molar-refractivity contribution >= 4 is 29.9 Å². The van der Waals surface area contributed by atoms with Gasteiger partial charge in [0.05, 0.1) is 0 Å². The highest BCUT2D eigenvalue weighted by Gasteiger charge is 2.25. The summed E-state index contributed by atoms with van der Waals surface area (Å²) in [6.07, 6.45) is 7.00. The molecule has 1 saturated heterocycles. The summed E-state index contributed by atoms with van der Waals surface area (Å²) in [5.74, 6) is 0.0633. The minimum absolute atomic E-state index is 0. The number of anilines is 1. The van der Waals surface area contributed by atoms with E-state index in [1.807, 2.05) is 23.1 Å². The molecule has 6 heteroatoms. The zero-order valence-corrected chi connectivity index (χ0v) is 15.4. The summed E-state index contributed by atoms with van der Waals surface area (Å²) in [5.41, 5.74) is 7.32. The number of benzene rings is 1. The standard InChI is InChI=1S/C19H27N3O2.ClH/c20-16-8-4-6-14(12-16)18(23)21-17-9-5-7-15(13-17)19(24)22-10-2-1-3-11-22;/h5,7,9,13-14,16H,1-4,6,8,10-12,20H2,(H,21,23);1H. The Balaban J connectivity index is 0.00000225. The molecule has 2 amide bonds. The first-order valence-electron chi connectivity index (χ1n) is 9.09. The highest BCUT2D eigenvalue weighted by Crippen LogP contribution is 2.25. The van der Waals surface area contributed by atoms with Gasteiger partial charge in [-0.2, -0.15) is 0 Å². The fourth-order valence-corrected chi connectivity index (χ4v) is 3.72. The summed E-state index contributed by atoms with van der Waals surface area (Å²) >= 11 is 0. The van der Waals surface area contributed by atoms with Gasteiger partial charge in [0.2, 0.25) is 5.91 Å². The zero-order valence-electron chi connectivity index (χ0n) is 14.6. The molecule has 0 bridgehead atoms. The van der Waals surface area contributed by atoms with E-state index in [0.717, 1.165) is 51.6 Å². The molecule has 3 rings (SSSR count). The van der Waals surface area contributed by atoms with Gasteiger partial charge in [-0.05, 0) is 56.7 Å². The van der Waals surface area contributed by atoms with Gasteiger partial charge in [0.15, 0.2) is 0 Å². The molecule has 2 aliphatic rings. The number of nitrogens with two attached hydrogens (primary N) is 1. The third-order valence-electron chi connectivity index (χ3n) is 5.11. The Hall–Kier alpha value is -1.59. The van der Waals surface area contributed by atoms with Gasteiger partial charge in [0.1, 0.15) is 0 Å². The van der Waals surface area contributed by atoms with E-state index in [2.05, 4.69) is 5.32 Å². The van der Waals surface area contributed by atoms with Crippen molar-refractivity contribution in [1.82, 2.24) is 4.90 Å². The van der Waals surface area contributed by atoms with Crippen LogP contribution in [0, 0.1) is 5.92 Å². The molecule has 1 aliphatic heterocycles. The molecule has 5 nitrogen and oxygen atoms in total. The van der Waals surface area contributed by atoms with Gasteiger partial charge < -0.3 is 16.0 Å². The molecule has 2 unspecified atom stereocenters. The number of halogens is 1. The molecular weight excluding hydrogens is 338 g/mol. The minimum atomic E-state index is -0.0183. The zero-order chi connectivity index (χ0) is 16.9. The van der Waals surface area contributed by atoms with Crippen LogP contribution in [0.1, 0.15) is 55.3 Å². The van der Waals surface area contributed by atoms with Crippen LogP contribution < -0.4 is 11.1 Å². The van der Waals surface area contributed by atoms with Crippen molar-refractivity contribution in [3.63, 3.8) is 0 Å². The highest BCUT2D eigenvalue weighted by molar-refractivity contribution is 5.97. The largest absolute Gasteiger partial charge is 0.339 e. The molecule has 138 valence electrons. The van der Waals surface area contributed by atoms with Crippen LogP contribution in [0.25, 0.3) is 0 Å². The molecule has 0 aromatic heterocycles. The second-order valence-corrected chi connectivity index (χ2v) is 7.05. The molecule has 0 spiro atoms. The number of amides is 2. The summed E-state index contributed by atoms with van der Waals surface area (Å²) in [7, 11) is 0. The average molecular weight is 366 g/mol. The van der Waals surface area contributed by atoms with Gasteiger partial charge in [0, 0.05) is 36.3 Å². The van der Waals surface area contributed by atoms with E-state index in [0.29, 0.717) is 11.3 Å². The van der Waals surface area contributed by atoms with Gasteiger partial charge in [-0.3, -0.25) is 9.59 Å². The Labute approximate surface area is 155 Å². The lowest BCUT2D eigenvalue weighted by atomic mass is 9.85. The summed E-state index contributed by atoms with van der Waals surface area (Å²) in [6.45, 7) is 1.66. The van der Waals surface area contributed by atoms with Gasteiger partial charge >= 0.3 is 0 Å². The molecule has 1 heterocycles. The quantitative estimate of drug-likeness (QED) is 0.863. The normalized spacial score (nSPS) is 23.5. The molecule has 1 aliphatic carbocycles. The van der Waals surface area contributed by atoms with Crippen LogP contribution in [-0.4, -0.2) is 35.8 Å². The van der Waals surface area contributed by atoms with Gasteiger partial charge in [0.25, 0.3) is 5.91 Å². The van der Waals surface area contributed by atoms with E-state index >= 15 is 0 Å². The van der Waals surface area contributed by atoms with Crippen molar-refractivity contribution in [2.24, 2.45) is 11.7 Å². The summed E-state index contributed by atoms with van der Waals surface area (Å²) in [6, 6.07) is 7.41. The number of nitrogens with one attached hydrogen (secondary N) is 1. The number of hydrogen-bond acceptors (Lipinski definition) is 3. The number of nitrogens with zero attached hydrogens (tertiary/aromatic N) is 1. The Morgan fingerprint density at radius 3 is 2.56 bits per heavy atom. The van der Waals surface area contributed by atoms with Crippen molar-refractivity contribution in [3.8, 4) is 0 Å². The van der Waals surface area contributed by atoms with Crippen molar-refractivity contribution in [2.45, 2.75) is 51.0 Å². The second kappa shape index (κ2) is 9.20. The van der Waals surface area contributed by atoms with E-state index in [4.69, 9.17) is 5.73 Å². The summed E-state index contributed by atoms with van der Waals surface area (Å²) < 4.78 is 0. The summed E-state index contributed by atoms with van der Waals surface area (Å²) in [5, 5.41) is 2.97. The second-order valence-electron chi connectivity index (χ2n) is 7.05. The molecule has 1 aromatic rings. The monoisotopic (exact) mass is 365 g/mol. The maximum atomic E-state index is 12.6. The van der Waals surface area contributed by atoms with Gasteiger partial charge in [-0.25, -0.2) is 0 Å². The van der Waals surface area contributed by atoms with Crippen molar-refractivity contribution in [1.29, 1.82) is 0 Å². The number of rotatable bonds is 3.